The molecule has 0 saturated heterocycles. The Morgan fingerprint density at radius 2 is 1.88 bits per heavy atom. The van der Waals surface area contributed by atoms with Crippen molar-refractivity contribution in [2.75, 3.05) is 0 Å². The number of benzene rings is 1. The molecule has 1 aromatic carbocycles. The number of rotatable bonds is 4. The van der Waals surface area contributed by atoms with Crippen LogP contribution in [-0.4, -0.2) is 16.6 Å². The average molecular weight is 347 g/mol. The minimum atomic E-state index is -0.656. The normalized spacial score (nSPS) is 11.7. The molecule has 0 aliphatic rings. The van der Waals surface area contributed by atoms with Crippen LogP contribution in [0.25, 0.3) is 11.1 Å². The van der Waals surface area contributed by atoms with Gasteiger partial charge in [0.2, 0.25) is 5.95 Å². The predicted molar refractivity (Wildman–Crippen MR) is 93.2 cm³/mol. The summed E-state index contributed by atoms with van der Waals surface area (Å²) in [5.41, 5.74) is 1.70. The Hall–Kier alpha value is -2.30. The van der Waals surface area contributed by atoms with Crippen LogP contribution < -0.4 is 0 Å². The zero-order valence-electron chi connectivity index (χ0n) is 15.2. The Labute approximate surface area is 147 Å². The Morgan fingerprint density at radius 3 is 2.44 bits per heavy atom. The molecular weight excluding hydrogens is 324 g/mol. The van der Waals surface area contributed by atoms with E-state index in [0.717, 1.165) is 0 Å². The maximum atomic E-state index is 14.1. The van der Waals surface area contributed by atoms with Crippen LogP contribution in [-0.2, 0) is 16.0 Å². The largest absolute Gasteiger partial charge is 0.460 e. The third-order valence-electron chi connectivity index (χ3n) is 3.65. The van der Waals surface area contributed by atoms with Crippen LogP contribution in [0.4, 0.5) is 8.78 Å². The number of carbonyl (C=O) groups is 1. The summed E-state index contributed by atoms with van der Waals surface area (Å²) in [5, 5.41) is 0. The summed E-state index contributed by atoms with van der Waals surface area (Å²) in [4.78, 5) is 15.9. The number of esters is 1. The summed E-state index contributed by atoms with van der Waals surface area (Å²) in [6, 6.07) is 5.57. The lowest BCUT2D eigenvalue weighted by Crippen LogP contribution is -2.25. The number of aromatic nitrogens is 1. The van der Waals surface area contributed by atoms with Crippen molar-refractivity contribution < 1.29 is 18.3 Å². The summed E-state index contributed by atoms with van der Waals surface area (Å²) in [7, 11) is 0. The van der Waals surface area contributed by atoms with Crippen LogP contribution in [0.15, 0.2) is 30.5 Å². The number of nitrogens with zero attached hydrogens (tertiary/aromatic N) is 1. The number of hydrogen-bond acceptors (Lipinski definition) is 3. The minimum absolute atomic E-state index is 0.00132. The van der Waals surface area contributed by atoms with Crippen LogP contribution in [0.1, 0.15) is 51.7 Å². The molecule has 0 aliphatic heterocycles. The van der Waals surface area contributed by atoms with E-state index in [9.17, 15) is 13.6 Å². The quantitative estimate of drug-likeness (QED) is 0.575. The molecule has 5 heteroatoms. The highest BCUT2D eigenvalue weighted by Gasteiger charge is 2.22. The van der Waals surface area contributed by atoms with E-state index in [4.69, 9.17) is 4.74 Å². The van der Waals surface area contributed by atoms with Crippen molar-refractivity contribution in [2.45, 2.75) is 52.6 Å². The standard InChI is InChI=1S/C20H23F2NO2/c1-12(2)15-9-14(21)10-16(13-6-7-23-18(22)8-13)17(15)11-19(24)25-20(3,4)5/h6-10,12H,11H2,1-5H3. The SMILES string of the molecule is CC(C)c1cc(F)cc(-c2ccnc(F)c2)c1CC(=O)OC(C)(C)C. The zero-order valence-corrected chi connectivity index (χ0v) is 15.2. The van der Waals surface area contributed by atoms with Gasteiger partial charge in [-0.25, -0.2) is 9.37 Å². The average Bonchev–Trinajstić information content (AvgIpc) is 2.46. The fourth-order valence-corrected chi connectivity index (χ4v) is 2.72. The van der Waals surface area contributed by atoms with Crippen molar-refractivity contribution in [3.63, 3.8) is 0 Å². The van der Waals surface area contributed by atoms with Gasteiger partial charge in [0.25, 0.3) is 0 Å². The molecule has 0 atom stereocenters. The molecule has 1 aromatic heterocycles. The molecule has 0 radical (unpaired) electrons. The van der Waals surface area contributed by atoms with Crippen LogP contribution in [0.2, 0.25) is 0 Å². The van der Waals surface area contributed by atoms with Crippen molar-refractivity contribution in [3.8, 4) is 11.1 Å². The summed E-state index contributed by atoms with van der Waals surface area (Å²) in [5.74, 6) is -1.49. The van der Waals surface area contributed by atoms with E-state index in [1.165, 1.54) is 24.4 Å². The van der Waals surface area contributed by atoms with Crippen LogP contribution in [0.5, 0.6) is 0 Å². The molecule has 0 bridgehead atoms. The highest BCUT2D eigenvalue weighted by Crippen LogP contribution is 2.32. The van der Waals surface area contributed by atoms with Gasteiger partial charge in [0.1, 0.15) is 11.4 Å². The summed E-state index contributed by atoms with van der Waals surface area (Å²) in [6.07, 6.45) is 1.31. The molecule has 0 aliphatic carbocycles. The fourth-order valence-electron chi connectivity index (χ4n) is 2.72. The third kappa shape index (κ3) is 5.08. The first kappa shape index (κ1) is 19.0. The van der Waals surface area contributed by atoms with E-state index in [1.54, 1.807) is 26.8 Å². The van der Waals surface area contributed by atoms with Crippen molar-refractivity contribution in [1.29, 1.82) is 0 Å². The third-order valence-corrected chi connectivity index (χ3v) is 3.65. The number of halogens is 2. The van der Waals surface area contributed by atoms with Crippen molar-refractivity contribution in [3.05, 3.63) is 53.4 Å². The molecule has 0 saturated carbocycles. The second kappa shape index (κ2) is 7.30. The molecule has 0 spiro atoms. The zero-order chi connectivity index (χ0) is 18.8. The lowest BCUT2D eigenvalue weighted by molar-refractivity contribution is -0.153. The maximum Gasteiger partial charge on any atom is 0.310 e. The number of carbonyl (C=O) groups excluding carboxylic acids is 1. The Morgan fingerprint density at radius 1 is 1.20 bits per heavy atom. The molecule has 0 unspecified atom stereocenters. The molecule has 134 valence electrons. The Bertz CT molecular complexity index is 780. The van der Waals surface area contributed by atoms with Crippen molar-refractivity contribution in [1.82, 2.24) is 4.98 Å². The van der Waals surface area contributed by atoms with E-state index in [1.807, 2.05) is 13.8 Å². The smallest absolute Gasteiger partial charge is 0.310 e. The Balaban J connectivity index is 2.56. The van der Waals surface area contributed by atoms with E-state index < -0.39 is 23.3 Å². The topological polar surface area (TPSA) is 39.2 Å². The van der Waals surface area contributed by atoms with Gasteiger partial charge in [0.05, 0.1) is 6.42 Å². The van der Waals surface area contributed by atoms with Gasteiger partial charge in [-0.1, -0.05) is 13.8 Å². The van der Waals surface area contributed by atoms with Crippen LogP contribution >= 0.6 is 0 Å². The Kier molecular flexibility index (Phi) is 5.55. The highest BCUT2D eigenvalue weighted by molar-refractivity contribution is 5.79. The van der Waals surface area contributed by atoms with Crippen molar-refractivity contribution in [2.24, 2.45) is 0 Å². The molecule has 1 heterocycles. The van der Waals surface area contributed by atoms with Gasteiger partial charge in [-0.15, -0.1) is 0 Å². The second-order valence-corrected chi connectivity index (χ2v) is 7.31. The lowest BCUT2D eigenvalue weighted by atomic mass is 9.88. The lowest BCUT2D eigenvalue weighted by Gasteiger charge is -2.22. The monoisotopic (exact) mass is 347 g/mol. The first-order valence-corrected chi connectivity index (χ1v) is 8.23. The van der Waals surface area contributed by atoms with Gasteiger partial charge in [0.15, 0.2) is 0 Å². The summed E-state index contributed by atoms with van der Waals surface area (Å²) < 4.78 is 33.1. The van der Waals surface area contributed by atoms with E-state index >= 15 is 0 Å². The van der Waals surface area contributed by atoms with Crippen LogP contribution in [0.3, 0.4) is 0 Å². The first-order valence-electron chi connectivity index (χ1n) is 8.23. The van der Waals surface area contributed by atoms with Gasteiger partial charge in [-0.2, -0.15) is 4.39 Å². The maximum absolute atomic E-state index is 14.1. The van der Waals surface area contributed by atoms with E-state index in [2.05, 4.69) is 4.98 Å². The first-order chi connectivity index (χ1) is 11.6. The fraction of sp³-hybridized carbons (Fsp3) is 0.400. The molecular formula is C20H23F2NO2. The van der Waals surface area contributed by atoms with Crippen molar-refractivity contribution >= 4 is 5.97 Å². The van der Waals surface area contributed by atoms with Gasteiger partial charge < -0.3 is 4.74 Å². The molecule has 2 rings (SSSR count). The van der Waals surface area contributed by atoms with Crippen LogP contribution in [0, 0.1) is 11.8 Å². The summed E-state index contributed by atoms with van der Waals surface area (Å²) >= 11 is 0. The number of ether oxygens (including phenoxy) is 1. The van der Waals surface area contributed by atoms with Gasteiger partial charge in [-0.05, 0) is 67.1 Å². The van der Waals surface area contributed by atoms with Gasteiger partial charge in [0, 0.05) is 12.3 Å². The second-order valence-electron chi connectivity index (χ2n) is 7.31. The number of pyridine rings is 1. The highest BCUT2D eigenvalue weighted by atomic mass is 19.1. The minimum Gasteiger partial charge on any atom is -0.460 e. The van der Waals surface area contributed by atoms with Gasteiger partial charge >= 0.3 is 5.97 Å². The molecule has 0 N–H and O–H groups in total. The van der Waals surface area contributed by atoms with E-state index in [0.29, 0.717) is 22.3 Å². The van der Waals surface area contributed by atoms with E-state index in [-0.39, 0.29) is 12.3 Å². The molecule has 3 nitrogen and oxygen atoms in total. The molecule has 0 fully saturated rings. The molecule has 0 amide bonds. The number of hydrogen-bond donors (Lipinski definition) is 0. The molecule has 2 aromatic rings. The predicted octanol–water partition coefficient (Wildman–Crippen LogP) is 5.03. The summed E-state index contributed by atoms with van der Waals surface area (Å²) in [6.45, 7) is 9.21. The molecule has 25 heavy (non-hydrogen) atoms. The van der Waals surface area contributed by atoms with Gasteiger partial charge in [-0.3, -0.25) is 4.79 Å².